The molecule has 4 nitrogen and oxygen atoms in total. The first-order valence-corrected chi connectivity index (χ1v) is 10.5. The molecule has 1 heterocycles. The first kappa shape index (κ1) is 21.3. The van der Waals surface area contributed by atoms with Gasteiger partial charge in [-0.25, -0.2) is 4.39 Å². The van der Waals surface area contributed by atoms with Gasteiger partial charge in [0, 0.05) is 21.2 Å². The van der Waals surface area contributed by atoms with E-state index in [-0.39, 0.29) is 34.5 Å². The molecule has 0 aromatic heterocycles. The fraction of sp³-hybridized carbons (Fsp3) is 0.0833. The third-order valence-corrected chi connectivity index (χ3v) is 5.69. The number of rotatable bonds is 5. The van der Waals surface area contributed by atoms with Crippen molar-refractivity contribution in [3.05, 3.63) is 97.9 Å². The van der Waals surface area contributed by atoms with Crippen LogP contribution in [-0.2, 0) is 0 Å². The monoisotopic (exact) mass is 500 g/mol. The van der Waals surface area contributed by atoms with Gasteiger partial charge in [-0.05, 0) is 49.4 Å². The molecule has 0 saturated heterocycles. The maximum absolute atomic E-state index is 14.1. The van der Waals surface area contributed by atoms with Gasteiger partial charge >= 0.3 is 0 Å². The summed E-state index contributed by atoms with van der Waals surface area (Å²) in [4.78, 5) is 25.1. The van der Waals surface area contributed by atoms with E-state index in [9.17, 15) is 14.0 Å². The van der Waals surface area contributed by atoms with Gasteiger partial charge in [0.1, 0.15) is 17.3 Å². The van der Waals surface area contributed by atoms with Gasteiger partial charge in [-0.1, -0.05) is 45.7 Å². The predicted octanol–water partition coefficient (Wildman–Crippen LogP) is 6.43. The molecular formula is C24H15BrClFO4. The Balaban J connectivity index is 1.56. The van der Waals surface area contributed by atoms with Crippen molar-refractivity contribution < 1.29 is 23.5 Å². The maximum Gasteiger partial charge on any atom is 0.231 e. The molecule has 0 aliphatic carbocycles. The summed E-state index contributed by atoms with van der Waals surface area (Å²) >= 11 is 9.38. The second kappa shape index (κ2) is 8.65. The molecule has 0 unspecified atom stereocenters. The lowest BCUT2D eigenvalue weighted by Crippen LogP contribution is -2.12. The third kappa shape index (κ3) is 4.27. The summed E-state index contributed by atoms with van der Waals surface area (Å²) in [5.41, 5.74) is 1.51. The molecule has 4 rings (SSSR count). The molecule has 0 radical (unpaired) electrons. The molecule has 1 aliphatic rings. The second-order valence-corrected chi connectivity index (χ2v) is 8.18. The summed E-state index contributed by atoms with van der Waals surface area (Å²) in [6.45, 7) is 1.56. The molecular weight excluding hydrogens is 487 g/mol. The van der Waals surface area contributed by atoms with E-state index in [1.54, 1.807) is 43.3 Å². The Bertz CT molecular complexity index is 1210. The summed E-state index contributed by atoms with van der Waals surface area (Å²) in [6, 6.07) is 14.4. The summed E-state index contributed by atoms with van der Waals surface area (Å²) in [5.74, 6) is -0.415. The van der Waals surface area contributed by atoms with Gasteiger partial charge in [-0.2, -0.15) is 0 Å². The minimum absolute atomic E-state index is 0.0341. The molecule has 0 spiro atoms. The van der Waals surface area contributed by atoms with E-state index in [0.29, 0.717) is 28.2 Å². The number of halogens is 3. The SMILES string of the molecule is Cc1c(OCC(=O)c2ccc(Br)cc2)ccc2c1O/C(=C\c1c(F)cccc1Cl)C2=O. The Hall–Kier alpha value is -2.96. The van der Waals surface area contributed by atoms with Gasteiger partial charge in [0.2, 0.25) is 5.78 Å². The number of hydrogen-bond acceptors (Lipinski definition) is 4. The minimum atomic E-state index is -0.556. The van der Waals surface area contributed by atoms with Gasteiger partial charge < -0.3 is 9.47 Å². The highest BCUT2D eigenvalue weighted by atomic mass is 79.9. The molecule has 0 amide bonds. The number of allylic oxidation sites excluding steroid dienone is 1. The van der Waals surface area contributed by atoms with Crippen molar-refractivity contribution in [1.29, 1.82) is 0 Å². The van der Waals surface area contributed by atoms with E-state index in [4.69, 9.17) is 21.1 Å². The number of ketones is 2. The van der Waals surface area contributed by atoms with E-state index >= 15 is 0 Å². The predicted molar refractivity (Wildman–Crippen MR) is 119 cm³/mol. The molecule has 0 N–H and O–H groups in total. The summed E-state index contributed by atoms with van der Waals surface area (Å²) in [5, 5.41) is 0.173. The maximum atomic E-state index is 14.1. The molecule has 31 heavy (non-hydrogen) atoms. The van der Waals surface area contributed by atoms with Crippen LogP contribution in [0.15, 0.2) is 64.8 Å². The Morgan fingerprint density at radius 3 is 2.61 bits per heavy atom. The number of fused-ring (bicyclic) bond motifs is 1. The minimum Gasteiger partial charge on any atom is -0.485 e. The zero-order chi connectivity index (χ0) is 22.1. The number of ether oxygens (including phenoxy) is 2. The van der Waals surface area contributed by atoms with Crippen molar-refractivity contribution in [3.8, 4) is 11.5 Å². The zero-order valence-corrected chi connectivity index (χ0v) is 18.6. The molecule has 3 aromatic carbocycles. The van der Waals surface area contributed by atoms with Crippen LogP contribution < -0.4 is 9.47 Å². The molecule has 156 valence electrons. The van der Waals surface area contributed by atoms with Crippen LogP contribution in [0.5, 0.6) is 11.5 Å². The smallest absolute Gasteiger partial charge is 0.231 e. The normalized spacial score (nSPS) is 13.8. The molecule has 7 heteroatoms. The molecule has 0 fully saturated rings. The van der Waals surface area contributed by atoms with Crippen molar-refractivity contribution in [3.63, 3.8) is 0 Å². The van der Waals surface area contributed by atoms with Gasteiger partial charge in [-0.3, -0.25) is 9.59 Å². The van der Waals surface area contributed by atoms with Crippen molar-refractivity contribution in [2.24, 2.45) is 0 Å². The largest absolute Gasteiger partial charge is 0.485 e. The van der Waals surface area contributed by atoms with Crippen LogP contribution in [0, 0.1) is 12.7 Å². The highest BCUT2D eigenvalue weighted by Crippen LogP contribution is 2.39. The van der Waals surface area contributed by atoms with E-state index in [0.717, 1.165) is 4.47 Å². The van der Waals surface area contributed by atoms with Crippen molar-refractivity contribution in [1.82, 2.24) is 0 Å². The average molecular weight is 502 g/mol. The zero-order valence-electron chi connectivity index (χ0n) is 16.2. The highest BCUT2D eigenvalue weighted by molar-refractivity contribution is 9.10. The van der Waals surface area contributed by atoms with Gasteiger partial charge in [-0.15, -0.1) is 0 Å². The van der Waals surface area contributed by atoms with Crippen LogP contribution in [0.4, 0.5) is 4.39 Å². The van der Waals surface area contributed by atoms with Crippen molar-refractivity contribution >= 4 is 45.2 Å². The van der Waals surface area contributed by atoms with Gasteiger partial charge in [0.25, 0.3) is 0 Å². The van der Waals surface area contributed by atoms with Crippen LogP contribution >= 0.6 is 27.5 Å². The highest BCUT2D eigenvalue weighted by Gasteiger charge is 2.30. The average Bonchev–Trinajstić information content (AvgIpc) is 3.07. The lowest BCUT2D eigenvalue weighted by Gasteiger charge is -2.11. The summed E-state index contributed by atoms with van der Waals surface area (Å²) < 4.78 is 26.4. The number of carbonyl (C=O) groups is 2. The van der Waals surface area contributed by atoms with E-state index in [1.165, 1.54) is 24.3 Å². The molecule has 0 saturated carbocycles. The fourth-order valence-corrected chi connectivity index (χ4v) is 3.65. The standard InChI is InChI=1S/C24H15BrClFO4/c1-13-21(30-12-20(28)14-5-7-15(25)8-6-14)10-9-16-23(29)22(31-24(13)16)11-17-18(26)3-2-4-19(17)27/h2-11H,12H2,1H3/b22-11-. The lowest BCUT2D eigenvalue weighted by atomic mass is 10.1. The van der Waals surface area contributed by atoms with Gasteiger partial charge in [0.15, 0.2) is 18.1 Å². The topological polar surface area (TPSA) is 52.6 Å². The second-order valence-electron chi connectivity index (χ2n) is 6.86. The molecule has 3 aromatic rings. The Morgan fingerprint density at radius 2 is 1.90 bits per heavy atom. The van der Waals surface area contributed by atoms with E-state index in [2.05, 4.69) is 15.9 Å². The quantitative estimate of drug-likeness (QED) is 0.299. The number of benzene rings is 3. The lowest BCUT2D eigenvalue weighted by molar-refractivity contribution is 0.0920. The van der Waals surface area contributed by atoms with Gasteiger partial charge in [0.05, 0.1) is 10.6 Å². The molecule has 0 atom stereocenters. The van der Waals surface area contributed by atoms with Crippen molar-refractivity contribution in [2.45, 2.75) is 6.92 Å². The van der Waals surface area contributed by atoms with Crippen LogP contribution in [-0.4, -0.2) is 18.2 Å². The Kier molecular flexibility index (Phi) is 5.94. The van der Waals surface area contributed by atoms with Crippen LogP contribution in [0.2, 0.25) is 5.02 Å². The molecule has 1 aliphatic heterocycles. The number of carbonyl (C=O) groups excluding carboxylic acids is 2. The van der Waals surface area contributed by atoms with Crippen LogP contribution in [0.1, 0.15) is 31.8 Å². The fourth-order valence-electron chi connectivity index (χ4n) is 3.17. The molecule has 0 bridgehead atoms. The first-order valence-electron chi connectivity index (χ1n) is 9.28. The number of hydrogen-bond donors (Lipinski definition) is 0. The third-order valence-electron chi connectivity index (χ3n) is 4.84. The summed E-state index contributed by atoms with van der Waals surface area (Å²) in [6.07, 6.45) is 1.29. The van der Waals surface area contributed by atoms with Crippen molar-refractivity contribution in [2.75, 3.05) is 6.61 Å². The van der Waals surface area contributed by atoms with E-state index < -0.39 is 5.82 Å². The summed E-state index contributed by atoms with van der Waals surface area (Å²) in [7, 11) is 0. The Labute approximate surface area is 191 Å². The van der Waals surface area contributed by atoms with Crippen LogP contribution in [0.3, 0.4) is 0 Å². The van der Waals surface area contributed by atoms with Crippen LogP contribution in [0.25, 0.3) is 6.08 Å². The first-order chi connectivity index (χ1) is 14.8. The number of Topliss-reactive ketones (excluding diaryl/α,β-unsaturated/α-hetero) is 2. The van der Waals surface area contributed by atoms with E-state index in [1.807, 2.05) is 0 Å². The Morgan fingerprint density at radius 1 is 1.16 bits per heavy atom.